The zero-order valence-electron chi connectivity index (χ0n) is 9.71. The van der Waals surface area contributed by atoms with Gasteiger partial charge in [-0.15, -0.1) is 11.3 Å². The largest absolute Gasteiger partial charge is 0.477 e. The van der Waals surface area contributed by atoms with E-state index in [0.717, 1.165) is 3.79 Å². The average Bonchev–Trinajstić information content (AvgIpc) is 2.75. The molecule has 0 radical (unpaired) electrons. The second-order valence-corrected chi connectivity index (χ2v) is 7.28. The summed E-state index contributed by atoms with van der Waals surface area (Å²) < 4.78 is 6.68. The van der Waals surface area contributed by atoms with Gasteiger partial charge in [-0.2, -0.15) is 0 Å². The molecule has 0 aliphatic carbocycles. The van der Waals surface area contributed by atoms with Gasteiger partial charge in [0, 0.05) is 5.56 Å². The Balaban J connectivity index is 2.11. The highest BCUT2D eigenvalue weighted by Crippen LogP contribution is 2.32. The lowest BCUT2D eigenvalue weighted by molar-refractivity contribution is -0.390. The third-order valence-corrected chi connectivity index (χ3v) is 4.58. The van der Waals surface area contributed by atoms with Gasteiger partial charge in [0.2, 0.25) is 11.5 Å². The Labute approximate surface area is 134 Å². The van der Waals surface area contributed by atoms with Crippen molar-refractivity contribution in [3.8, 4) is 5.75 Å². The quantitative estimate of drug-likeness (QED) is 0.416. The summed E-state index contributed by atoms with van der Waals surface area (Å²) in [6, 6.07) is 4.57. The van der Waals surface area contributed by atoms with Crippen molar-refractivity contribution in [2.75, 3.05) is 6.61 Å². The topological polar surface area (TPSA) is 82.3 Å². The standard InChI is InChI=1S/C11H6Br2N2O4S/c12-9-4-6(10(13)20-9)7(16)5-19-8-2-1-3-14-11(8)15(17)18/h1-4H,5H2. The van der Waals surface area contributed by atoms with Crippen LogP contribution in [-0.4, -0.2) is 22.3 Å². The molecule has 0 amide bonds. The summed E-state index contributed by atoms with van der Waals surface area (Å²) in [6.45, 7) is -0.297. The lowest BCUT2D eigenvalue weighted by Crippen LogP contribution is -2.12. The van der Waals surface area contributed by atoms with E-state index in [-0.39, 0.29) is 18.1 Å². The lowest BCUT2D eigenvalue weighted by Gasteiger charge is -2.04. The molecule has 0 saturated heterocycles. The van der Waals surface area contributed by atoms with Crippen LogP contribution in [0, 0.1) is 10.1 Å². The predicted molar refractivity (Wildman–Crippen MR) is 80.4 cm³/mol. The normalized spacial score (nSPS) is 10.3. The molecule has 20 heavy (non-hydrogen) atoms. The molecule has 0 saturated carbocycles. The molecule has 9 heteroatoms. The number of carbonyl (C=O) groups excluding carboxylic acids is 1. The van der Waals surface area contributed by atoms with E-state index in [1.807, 2.05) is 0 Å². The molecule has 0 aromatic carbocycles. The van der Waals surface area contributed by atoms with Crippen LogP contribution in [-0.2, 0) is 0 Å². The van der Waals surface area contributed by atoms with E-state index in [0.29, 0.717) is 9.35 Å². The smallest absolute Gasteiger partial charge is 0.406 e. The van der Waals surface area contributed by atoms with Crippen LogP contribution in [0.1, 0.15) is 10.4 Å². The van der Waals surface area contributed by atoms with E-state index in [1.165, 1.54) is 29.7 Å². The molecule has 0 atom stereocenters. The zero-order valence-corrected chi connectivity index (χ0v) is 13.7. The molecular weight excluding hydrogens is 416 g/mol. The van der Waals surface area contributed by atoms with E-state index in [4.69, 9.17) is 4.74 Å². The van der Waals surface area contributed by atoms with Gasteiger partial charge in [-0.1, -0.05) is 0 Å². The Kier molecular flexibility index (Phi) is 4.84. The molecule has 2 heterocycles. The number of nitro groups is 1. The summed E-state index contributed by atoms with van der Waals surface area (Å²) >= 11 is 7.91. The molecule has 0 aliphatic heterocycles. The molecular formula is C11H6Br2N2O4S. The van der Waals surface area contributed by atoms with Crippen LogP contribution < -0.4 is 4.74 Å². The van der Waals surface area contributed by atoms with Crippen molar-refractivity contribution < 1.29 is 14.5 Å². The van der Waals surface area contributed by atoms with Crippen molar-refractivity contribution in [2.24, 2.45) is 0 Å². The molecule has 0 bridgehead atoms. The maximum absolute atomic E-state index is 12.0. The van der Waals surface area contributed by atoms with E-state index in [1.54, 1.807) is 6.07 Å². The number of rotatable bonds is 5. The summed E-state index contributed by atoms with van der Waals surface area (Å²) in [5.41, 5.74) is 0.466. The van der Waals surface area contributed by atoms with Gasteiger partial charge in [0.05, 0.1) is 7.57 Å². The number of halogens is 2. The van der Waals surface area contributed by atoms with Gasteiger partial charge in [0.1, 0.15) is 6.20 Å². The van der Waals surface area contributed by atoms with Gasteiger partial charge in [0.15, 0.2) is 6.61 Å². The summed E-state index contributed by atoms with van der Waals surface area (Å²) in [5.74, 6) is -0.723. The molecule has 0 fully saturated rings. The minimum absolute atomic E-state index is 0.0312. The fraction of sp³-hybridized carbons (Fsp3) is 0.0909. The Morgan fingerprint density at radius 2 is 2.25 bits per heavy atom. The maximum atomic E-state index is 12.0. The molecule has 104 valence electrons. The van der Waals surface area contributed by atoms with Gasteiger partial charge in [-0.25, -0.2) is 0 Å². The van der Waals surface area contributed by atoms with Crippen molar-refractivity contribution in [1.82, 2.24) is 4.98 Å². The first-order valence-electron chi connectivity index (χ1n) is 5.19. The molecule has 0 aliphatic rings. The van der Waals surface area contributed by atoms with Crippen LogP contribution in [0.2, 0.25) is 0 Å². The highest BCUT2D eigenvalue weighted by Gasteiger charge is 2.19. The molecule has 2 aromatic rings. The number of hydrogen-bond donors (Lipinski definition) is 0. The SMILES string of the molecule is O=C(COc1cccnc1[N+](=O)[O-])c1cc(Br)sc1Br. The second kappa shape index (κ2) is 6.42. The number of hydrogen-bond acceptors (Lipinski definition) is 6. The molecule has 0 unspecified atom stereocenters. The van der Waals surface area contributed by atoms with Crippen LogP contribution in [0.25, 0.3) is 0 Å². The number of aromatic nitrogens is 1. The number of thiophene rings is 1. The van der Waals surface area contributed by atoms with Crippen LogP contribution in [0.15, 0.2) is 32.0 Å². The number of ketones is 1. The number of Topliss-reactive ketones (excluding diaryl/α,β-unsaturated/α-hetero) is 1. The first-order valence-corrected chi connectivity index (χ1v) is 7.59. The number of ether oxygens (including phenoxy) is 1. The van der Waals surface area contributed by atoms with Crippen LogP contribution in [0.3, 0.4) is 0 Å². The van der Waals surface area contributed by atoms with Crippen molar-refractivity contribution in [2.45, 2.75) is 0 Å². The van der Waals surface area contributed by atoms with Crippen molar-refractivity contribution in [3.63, 3.8) is 0 Å². The molecule has 0 N–H and O–H groups in total. The minimum atomic E-state index is -0.656. The highest BCUT2D eigenvalue weighted by atomic mass is 79.9. The maximum Gasteiger partial charge on any atom is 0.406 e. The van der Waals surface area contributed by atoms with Gasteiger partial charge >= 0.3 is 5.82 Å². The Bertz CT molecular complexity index is 674. The molecule has 6 nitrogen and oxygen atoms in total. The highest BCUT2D eigenvalue weighted by molar-refractivity contribution is 9.12. The Hall–Kier alpha value is -1.32. The Morgan fingerprint density at radius 3 is 2.85 bits per heavy atom. The van der Waals surface area contributed by atoms with Crippen LogP contribution in [0.5, 0.6) is 5.75 Å². The van der Waals surface area contributed by atoms with E-state index >= 15 is 0 Å². The van der Waals surface area contributed by atoms with Gasteiger partial charge in [-0.05, 0) is 60.0 Å². The monoisotopic (exact) mass is 420 g/mol. The average molecular weight is 422 g/mol. The van der Waals surface area contributed by atoms with E-state index in [2.05, 4.69) is 36.8 Å². The number of pyridine rings is 1. The summed E-state index contributed by atoms with van der Waals surface area (Å²) in [4.78, 5) is 25.7. The molecule has 2 aromatic heterocycles. The van der Waals surface area contributed by atoms with Crippen molar-refractivity contribution in [3.05, 3.63) is 47.6 Å². The molecule has 0 spiro atoms. The van der Waals surface area contributed by atoms with Crippen LogP contribution >= 0.6 is 43.2 Å². The second-order valence-electron chi connectivity index (χ2n) is 3.53. The van der Waals surface area contributed by atoms with Crippen molar-refractivity contribution in [1.29, 1.82) is 0 Å². The summed E-state index contributed by atoms with van der Waals surface area (Å²) in [6.07, 6.45) is 1.29. The van der Waals surface area contributed by atoms with Crippen LogP contribution in [0.4, 0.5) is 5.82 Å². The van der Waals surface area contributed by atoms with Gasteiger partial charge in [-0.3, -0.25) is 4.79 Å². The lowest BCUT2D eigenvalue weighted by atomic mass is 10.2. The third-order valence-electron chi connectivity index (χ3n) is 2.24. The summed E-state index contributed by atoms with van der Waals surface area (Å²) in [7, 11) is 0. The fourth-order valence-corrected chi connectivity index (χ4v) is 4.24. The number of carbonyl (C=O) groups is 1. The predicted octanol–water partition coefficient (Wildman–Crippen LogP) is 3.84. The van der Waals surface area contributed by atoms with Gasteiger partial charge in [0.25, 0.3) is 0 Å². The molecule has 2 rings (SSSR count). The zero-order chi connectivity index (χ0) is 14.7. The first-order chi connectivity index (χ1) is 9.49. The third kappa shape index (κ3) is 3.41. The fourth-order valence-electron chi connectivity index (χ4n) is 1.38. The number of nitrogens with zero attached hydrogens (tertiary/aromatic N) is 2. The van der Waals surface area contributed by atoms with E-state index < -0.39 is 10.7 Å². The summed E-state index contributed by atoms with van der Waals surface area (Å²) in [5, 5.41) is 10.8. The van der Waals surface area contributed by atoms with E-state index in [9.17, 15) is 14.9 Å². The minimum Gasteiger partial charge on any atom is -0.477 e. The van der Waals surface area contributed by atoms with Crippen molar-refractivity contribution >= 4 is 54.8 Å². The Morgan fingerprint density at radius 1 is 1.50 bits per heavy atom. The van der Waals surface area contributed by atoms with Gasteiger partial charge < -0.3 is 14.9 Å². The first kappa shape index (κ1) is 15.1.